The number of nitrogens with one attached hydrogen (secondary N) is 2. The number of alkyl halides is 3. The first-order valence-electron chi connectivity index (χ1n) is 10.2. The van der Waals surface area contributed by atoms with Crippen molar-refractivity contribution in [1.29, 1.82) is 0 Å². The topological polar surface area (TPSA) is 92.5 Å². The molecular formula is C21H20F5N5O3. The van der Waals surface area contributed by atoms with E-state index in [2.05, 4.69) is 15.3 Å². The van der Waals surface area contributed by atoms with Crippen molar-refractivity contribution < 1.29 is 35.9 Å². The Morgan fingerprint density at radius 3 is 2.59 bits per heavy atom. The van der Waals surface area contributed by atoms with Gasteiger partial charge in [-0.2, -0.15) is 13.2 Å². The number of aromatic nitrogens is 2. The Morgan fingerprint density at radius 2 is 1.94 bits per heavy atom. The number of hydrogen-bond donors (Lipinski definition) is 2. The second-order valence-corrected chi connectivity index (χ2v) is 7.82. The van der Waals surface area contributed by atoms with Gasteiger partial charge in [-0.3, -0.25) is 0 Å². The second kappa shape index (κ2) is 9.05. The number of carbonyl (C=O) groups excluding carboxylic acids is 1. The zero-order chi connectivity index (χ0) is 24.6. The predicted molar refractivity (Wildman–Crippen MR) is 111 cm³/mol. The molecule has 13 heteroatoms. The Kier molecular flexibility index (Phi) is 6.30. The quantitative estimate of drug-likeness (QED) is 0.531. The van der Waals surface area contributed by atoms with Crippen molar-refractivity contribution in [1.82, 2.24) is 15.3 Å². The summed E-state index contributed by atoms with van der Waals surface area (Å²) in [7, 11) is 0. The number of morpholine rings is 1. The number of urea groups is 1. The number of ether oxygens (including phenoxy) is 1. The Bertz CT molecular complexity index is 1200. The molecule has 0 bridgehead atoms. The third-order valence-corrected chi connectivity index (χ3v) is 5.38. The fourth-order valence-corrected chi connectivity index (χ4v) is 3.69. The van der Waals surface area contributed by atoms with Gasteiger partial charge in [-0.1, -0.05) is 0 Å². The van der Waals surface area contributed by atoms with Crippen LogP contribution < -0.4 is 15.5 Å². The van der Waals surface area contributed by atoms with Crippen LogP contribution in [0.2, 0.25) is 0 Å². The van der Waals surface area contributed by atoms with Crippen LogP contribution in [-0.4, -0.2) is 48.0 Å². The van der Waals surface area contributed by atoms with Crippen molar-refractivity contribution in [3.05, 3.63) is 47.5 Å². The minimum absolute atomic E-state index is 0.0359. The van der Waals surface area contributed by atoms with Crippen LogP contribution in [0.5, 0.6) is 0 Å². The van der Waals surface area contributed by atoms with Crippen molar-refractivity contribution in [3.8, 4) is 0 Å². The van der Waals surface area contributed by atoms with Gasteiger partial charge in [0, 0.05) is 23.6 Å². The number of aryl methyl sites for hydroxylation is 1. The fraction of sp³-hybridized carbons (Fsp3) is 0.381. The summed E-state index contributed by atoms with van der Waals surface area (Å²) in [5.41, 5.74) is -0.632. The molecule has 1 aliphatic rings. The zero-order valence-electron chi connectivity index (χ0n) is 18.0. The summed E-state index contributed by atoms with van der Waals surface area (Å²) in [5.74, 6) is -2.48. The van der Waals surface area contributed by atoms with Gasteiger partial charge in [0.25, 0.3) is 0 Å². The van der Waals surface area contributed by atoms with E-state index in [1.54, 1.807) is 5.32 Å². The molecule has 0 radical (unpaired) electrons. The molecule has 1 aliphatic heterocycles. The van der Waals surface area contributed by atoms with Crippen LogP contribution in [0, 0.1) is 18.6 Å². The average Bonchev–Trinajstić information content (AvgIpc) is 3.09. The molecule has 1 fully saturated rings. The van der Waals surface area contributed by atoms with Crippen LogP contribution in [0.25, 0.3) is 11.0 Å². The van der Waals surface area contributed by atoms with Crippen LogP contribution >= 0.6 is 0 Å². The number of nitrogens with zero attached hydrogens (tertiary/aromatic N) is 3. The summed E-state index contributed by atoms with van der Waals surface area (Å²) in [5, 5.41) is 3.85. The molecule has 1 saturated heterocycles. The molecule has 2 amide bonds. The number of furan rings is 1. The summed E-state index contributed by atoms with van der Waals surface area (Å²) < 4.78 is 79.3. The molecule has 3 aromatic rings. The van der Waals surface area contributed by atoms with E-state index in [1.807, 2.05) is 11.8 Å². The first-order valence-corrected chi connectivity index (χ1v) is 10.2. The number of rotatable bonds is 4. The van der Waals surface area contributed by atoms with Gasteiger partial charge in [-0.15, -0.1) is 0 Å². The largest absolute Gasteiger partial charge is 0.455 e. The Hall–Kier alpha value is -3.48. The van der Waals surface area contributed by atoms with Crippen molar-refractivity contribution >= 4 is 28.6 Å². The van der Waals surface area contributed by atoms with E-state index < -0.39 is 41.2 Å². The third kappa shape index (κ3) is 4.74. The highest BCUT2D eigenvalue weighted by Crippen LogP contribution is 2.39. The maximum Gasteiger partial charge on any atom is 0.416 e. The Labute approximate surface area is 190 Å². The smallest absolute Gasteiger partial charge is 0.416 e. The normalized spacial score (nSPS) is 17.6. The molecule has 1 aromatic carbocycles. The van der Waals surface area contributed by atoms with Gasteiger partial charge in [-0.25, -0.2) is 23.5 Å². The van der Waals surface area contributed by atoms with Gasteiger partial charge in [0.2, 0.25) is 5.95 Å². The van der Waals surface area contributed by atoms with E-state index in [0.29, 0.717) is 31.8 Å². The van der Waals surface area contributed by atoms with Crippen LogP contribution in [0.4, 0.5) is 38.4 Å². The molecule has 0 saturated carbocycles. The van der Waals surface area contributed by atoms with Gasteiger partial charge in [0.1, 0.15) is 11.6 Å². The van der Waals surface area contributed by atoms with Crippen LogP contribution in [0.15, 0.2) is 28.9 Å². The molecule has 8 nitrogen and oxygen atoms in total. The fourth-order valence-electron chi connectivity index (χ4n) is 3.69. The highest BCUT2D eigenvalue weighted by Gasteiger charge is 2.45. The van der Waals surface area contributed by atoms with Gasteiger partial charge < -0.3 is 24.7 Å². The first kappa shape index (κ1) is 23.7. The maximum atomic E-state index is 14.0. The Balaban J connectivity index is 1.53. The van der Waals surface area contributed by atoms with E-state index in [1.165, 1.54) is 19.3 Å². The summed E-state index contributed by atoms with van der Waals surface area (Å²) in [4.78, 5) is 22.6. The summed E-state index contributed by atoms with van der Waals surface area (Å²) in [6.07, 6.45) is -2.47. The van der Waals surface area contributed by atoms with Crippen molar-refractivity contribution in [2.75, 3.05) is 30.0 Å². The highest BCUT2D eigenvalue weighted by atomic mass is 19.4. The van der Waals surface area contributed by atoms with E-state index >= 15 is 0 Å². The van der Waals surface area contributed by atoms with E-state index in [9.17, 15) is 26.7 Å². The van der Waals surface area contributed by atoms with Crippen LogP contribution in [0.3, 0.4) is 0 Å². The number of halogens is 5. The van der Waals surface area contributed by atoms with Crippen LogP contribution in [0.1, 0.15) is 24.3 Å². The summed E-state index contributed by atoms with van der Waals surface area (Å²) >= 11 is 0. The van der Waals surface area contributed by atoms with E-state index in [0.717, 1.165) is 6.07 Å². The average molecular weight is 485 g/mol. The molecule has 0 aliphatic carbocycles. The molecule has 4 rings (SSSR count). The van der Waals surface area contributed by atoms with Gasteiger partial charge >= 0.3 is 12.2 Å². The number of benzene rings is 1. The maximum absolute atomic E-state index is 14.0. The third-order valence-electron chi connectivity index (χ3n) is 5.38. The lowest BCUT2D eigenvalue weighted by atomic mass is 10.1. The minimum Gasteiger partial charge on any atom is -0.455 e. The lowest BCUT2D eigenvalue weighted by molar-refractivity contribution is -0.158. The highest BCUT2D eigenvalue weighted by molar-refractivity contribution is 5.89. The van der Waals surface area contributed by atoms with Crippen molar-refractivity contribution in [3.63, 3.8) is 0 Å². The van der Waals surface area contributed by atoms with Gasteiger partial charge in [-0.05, 0) is 19.9 Å². The number of amides is 2. The van der Waals surface area contributed by atoms with E-state index in [-0.39, 0.29) is 22.7 Å². The van der Waals surface area contributed by atoms with Crippen LogP contribution in [-0.2, 0) is 4.74 Å². The Morgan fingerprint density at radius 1 is 1.24 bits per heavy atom. The monoisotopic (exact) mass is 485 g/mol. The summed E-state index contributed by atoms with van der Waals surface area (Å²) in [6.45, 7) is 4.73. The van der Waals surface area contributed by atoms with Gasteiger partial charge in [0.05, 0.1) is 37.3 Å². The van der Waals surface area contributed by atoms with Gasteiger partial charge in [0.15, 0.2) is 17.4 Å². The molecule has 0 unspecified atom stereocenters. The van der Waals surface area contributed by atoms with Crippen molar-refractivity contribution in [2.24, 2.45) is 0 Å². The SMILES string of the molecule is Cc1c([C@H](NC(=O)Nc2cnc(N3CCOC[C@@H]3C)nc2)C(F)(F)F)oc2c(F)cc(F)cc12. The molecule has 2 atom stereocenters. The molecule has 3 heterocycles. The molecule has 34 heavy (non-hydrogen) atoms. The number of anilines is 2. The molecule has 182 valence electrons. The first-order chi connectivity index (χ1) is 16.0. The zero-order valence-corrected chi connectivity index (χ0v) is 18.0. The predicted octanol–water partition coefficient (Wildman–Crippen LogP) is 4.46. The lowest BCUT2D eigenvalue weighted by Crippen LogP contribution is -2.44. The molecule has 0 spiro atoms. The lowest BCUT2D eigenvalue weighted by Gasteiger charge is -2.33. The van der Waals surface area contributed by atoms with Crippen molar-refractivity contribution in [2.45, 2.75) is 32.1 Å². The number of fused-ring (bicyclic) bond motifs is 1. The number of carbonyl (C=O) groups is 1. The standard InChI is InChI=1S/C21H20F5N5O3/c1-10-9-33-4-3-31(10)19-27-7-13(8-28-19)29-20(32)30-18(21(24,25)26)16-11(2)14-5-12(22)6-15(23)17(14)34-16/h5-8,10,18H,3-4,9H2,1-2H3,(H2,29,30,32)/t10-,18-/m0/s1. The second-order valence-electron chi connectivity index (χ2n) is 7.82. The number of hydrogen-bond acceptors (Lipinski definition) is 6. The minimum atomic E-state index is -4.99. The van der Waals surface area contributed by atoms with E-state index in [4.69, 9.17) is 9.15 Å². The molecule has 2 N–H and O–H groups in total. The molecule has 2 aromatic heterocycles. The molecular weight excluding hydrogens is 465 g/mol. The summed E-state index contributed by atoms with van der Waals surface area (Å²) in [6, 6.07) is -2.43.